The van der Waals surface area contributed by atoms with Crippen LogP contribution in [-0.4, -0.2) is 23.1 Å². The van der Waals surface area contributed by atoms with E-state index in [1.807, 2.05) is 12.1 Å². The van der Waals surface area contributed by atoms with Gasteiger partial charge in [-0.1, -0.05) is 18.2 Å². The van der Waals surface area contributed by atoms with E-state index in [1.54, 1.807) is 55.6 Å². The standard InChI is InChI=1S/C20H18N2O4/c1-2-26-20(25)15-7-9-16(10-8-15)21-18(23)13-22-12-11-14-5-3-4-6-17(14)19(22)24/h3-12H,2,13H2,1H3,(H,21,23). The smallest absolute Gasteiger partial charge is 0.338 e. The SMILES string of the molecule is CCOC(=O)c1ccc(NC(=O)Cn2ccc3ccccc3c2=O)cc1. The van der Waals surface area contributed by atoms with Crippen molar-refractivity contribution in [2.45, 2.75) is 13.5 Å². The van der Waals surface area contributed by atoms with E-state index in [9.17, 15) is 14.4 Å². The molecule has 6 nitrogen and oxygen atoms in total. The van der Waals surface area contributed by atoms with Gasteiger partial charge in [0.15, 0.2) is 0 Å². The first-order valence-corrected chi connectivity index (χ1v) is 8.23. The number of carbonyl (C=O) groups is 2. The number of ether oxygens (including phenoxy) is 1. The zero-order chi connectivity index (χ0) is 18.5. The lowest BCUT2D eigenvalue weighted by Gasteiger charge is -2.09. The first-order chi connectivity index (χ1) is 12.6. The first kappa shape index (κ1) is 17.4. The molecule has 26 heavy (non-hydrogen) atoms. The fourth-order valence-electron chi connectivity index (χ4n) is 2.61. The van der Waals surface area contributed by atoms with E-state index < -0.39 is 5.97 Å². The number of benzene rings is 2. The van der Waals surface area contributed by atoms with Crippen LogP contribution in [0.2, 0.25) is 0 Å². The maximum atomic E-state index is 12.4. The highest BCUT2D eigenvalue weighted by molar-refractivity contribution is 5.93. The summed E-state index contributed by atoms with van der Waals surface area (Å²) in [7, 11) is 0. The average Bonchev–Trinajstić information content (AvgIpc) is 2.65. The minimum absolute atomic E-state index is 0.0940. The molecule has 1 N–H and O–H groups in total. The fourth-order valence-corrected chi connectivity index (χ4v) is 2.61. The van der Waals surface area contributed by atoms with Crippen molar-refractivity contribution in [3.8, 4) is 0 Å². The Bertz CT molecular complexity index is 1010. The quantitative estimate of drug-likeness (QED) is 0.718. The Morgan fingerprint density at radius 3 is 2.50 bits per heavy atom. The number of pyridine rings is 1. The zero-order valence-electron chi connectivity index (χ0n) is 14.3. The van der Waals surface area contributed by atoms with Gasteiger partial charge in [0, 0.05) is 17.3 Å². The number of carbonyl (C=O) groups excluding carboxylic acids is 2. The number of esters is 1. The monoisotopic (exact) mass is 350 g/mol. The third-order valence-corrected chi connectivity index (χ3v) is 3.88. The van der Waals surface area contributed by atoms with E-state index in [4.69, 9.17) is 4.74 Å². The lowest BCUT2D eigenvalue weighted by molar-refractivity contribution is -0.116. The second-order valence-corrected chi connectivity index (χ2v) is 5.68. The van der Waals surface area contributed by atoms with Gasteiger partial charge in [0.1, 0.15) is 6.54 Å². The molecule has 2 aromatic carbocycles. The topological polar surface area (TPSA) is 77.4 Å². The molecule has 6 heteroatoms. The summed E-state index contributed by atoms with van der Waals surface area (Å²) in [4.78, 5) is 36.3. The summed E-state index contributed by atoms with van der Waals surface area (Å²) >= 11 is 0. The molecule has 0 atom stereocenters. The van der Waals surface area contributed by atoms with Crippen LogP contribution in [0.3, 0.4) is 0 Å². The molecular formula is C20H18N2O4. The van der Waals surface area contributed by atoms with E-state index in [0.29, 0.717) is 23.2 Å². The molecule has 0 radical (unpaired) electrons. The predicted octanol–water partition coefficient (Wildman–Crippen LogP) is 2.82. The van der Waals surface area contributed by atoms with Gasteiger partial charge >= 0.3 is 5.97 Å². The van der Waals surface area contributed by atoms with Crippen LogP contribution in [0.4, 0.5) is 5.69 Å². The van der Waals surface area contributed by atoms with E-state index >= 15 is 0 Å². The van der Waals surface area contributed by atoms with Crippen LogP contribution in [0.25, 0.3) is 10.8 Å². The molecule has 0 saturated heterocycles. The normalized spacial score (nSPS) is 10.5. The van der Waals surface area contributed by atoms with Crippen LogP contribution in [0.5, 0.6) is 0 Å². The molecule has 0 spiro atoms. The van der Waals surface area contributed by atoms with Gasteiger partial charge in [0.25, 0.3) is 5.56 Å². The second-order valence-electron chi connectivity index (χ2n) is 5.68. The van der Waals surface area contributed by atoms with Crippen molar-refractivity contribution in [1.82, 2.24) is 4.57 Å². The van der Waals surface area contributed by atoms with Crippen molar-refractivity contribution in [3.63, 3.8) is 0 Å². The maximum Gasteiger partial charge on any atom is 0.338 e. The lowest BCUT2D eigenvalue weighted by atomic mass is 10.2. The molecule has 0 aliphatic rings. The Morgan fingerprint density at radius 2 is 1.77 bits per heavy atom. The molecule has 1 amide bonds. The Hall–Kier alpha value is -3.41. The van der Waals surface area contributed by atoms with Crippen molar-refractivity contribution in [2.24, 2.45) is 0 Å². The van der Waals surface area contributed by atoms with Gasteiger partial charge in [0.2, 0.25) is 5.91 Å². The summed E-state index contributed by atoms with van der Waals surface area (Å²) in [6, 6.07) is 15.4. The molecule has 132 valence electrons. The van der Waals surface area contributed by atoms with Crippen LogP contribution in [0.15, 0.2) is 65.6 Å². The summed E-state index contributed by atoms with van der Waals surface area (Å²) in [6.07, 6.45) is 1.61. The first-order valence-electron chi connectivity index (χ1n) is 8.23. The largest absolute Gasteiger partial charge is 0.462 e. The van der Waals surface area contributed by atoms with Crippen molar-refractivity contribution in [3.05, 3.63) is 76.7 Å². The summed E-state index contributed by atoms with van der Waals surface area (Å²) < 4.78 is 6.28. The highest BCUT2D eigenvalue weighted by Gasteiger charge is 2.09. The van der Waals surface area contributed by atoms with Crippen LogP contribution in [-0.2, 0) is 16.1 Å². The van der Waals surface area contributed by atoms with Crippen molar-refractivity contribution >= 4 is 28.3 Å². The molecule has 1 aromatic heterocycles. The van der Waals surface area contributed by atoms with Crippen LogP contribution in [0, 0.1) is 0 Å². The van der Waals surface area contributed by atoms with Gasteiger partial charge in [0.05, 0.1) is 12.2 Å². The minimum Gasteiger partial charge on any atom is -0.462 e. The number of hydrogen-bond acceptors (Lipinski definition) is 4. The number of fused-ring (bicyclic) bond motifs is 1. The zero-order valence-corrected chi connectivity index (χ0v) is 14.3. The number of nitrogens with one attached hydrogen (secondary N) is 1. The van der Waals surface area contributed by atoms with E-state index in [2.05, 4.69) is 5.32 Å². The molecule has 0 fully saturated rings. The molecule has 0 aliphatic heterocycles. The van der Waals surface area contributed by atoms with E-state index in [1.165, 1.54) is 4.57 Å². The van der Waals surface area contributed by atoms with Gasteiger partial charge < -0.3 is 14.6 Å². The van der Waals surface area contributed by atoms with E-state index in [-0.39, 0.29) is 18.0 Å². The lowest BCUT2D eigenvalue weighted by Crippen LogP contribution is -2.27. The molecule has 0 aliphatic carbocycles. The summed E-state index contributed by atoms with van der Waals surface area (Å²) in [6.45, 7) is 1.95. The van der Waals surface area contributed by atoms with E-state index in [0.717, 1.165) is 5.39 Å². The third-order valence-electron chi connectivity index (χ3n) is 3.88. The predicted molar refractivity (Wildman–Crippen MR) is 99.2 cm³/mol. The highest BCUT2D eigenvalue weighted by Crippen LogP contribution is 2.11. The number of rotatable bonds is 5. The Balaban J connectivity index is 1.70. The minimum atomic E-state index is -0.409. The number of aromatic nitrogens is 1. The Kier molecular flexibility index (Phi) is 5.12. The van der Waals surface area contributed by atoms with Gasteiger partial charge in [-0.3, -0.25) is 9.59 Å². The van der Waals surface area contributed by atoms with Crippen LogP contribution in [0.1, 0.15) is 17.3 Å². The fraction of sp³-hybridized carbons (Fsp3) is 0.150. The van der Waals surface area contributed by atoms with Crippen molar-refractivity contribution in [2.75, 3.05) is 11.9 Å². The van der Waals surface area contributed by atoms with Crippen molar-refractivity contribution < 1.29 is 14.3 Å². The van der Waals surface area contributed by atoms with Crippen molar-refractivity contribution in [1.29, 1.82) is 0 Å². The van der Waals surface area contributed by atoms with Gasteiger partial charge in [-0.15, -0.1) is 0 Å². The van der Waals surface area contributed by atoms with Gasteiger partial charge in [-0.05, 0) is 48.7 Å². The summed E-state index contributed by atoms with van der Waals surface area (Å²) in [5, 5.41) is 4.12. The number of hydrogen-bond donors (Lipinski definition) is 1. The van der Waals surface area contributed by atoms with Crippen LogP contribution >= 0.6 is 0 Å². The Labute approximate surface area is 150 Å². The number of amides is 1. The second kappa shape index (κ2) is 7.65. The average molecular weight is 350 g/mol. The molecule has 0 unspecified atom stereocenters. The molecule has 3 rings (SSSR count). The van der Waals surface area contributed by atoms with Gasteiger partial charge in [-0.2, -0.15) is 0 Å². The molecule has 0 saturated carbocycles. The Morgan fingerprint density at radius 1 is 1.04 bits per heavy atom. The highest BCUT2D eigenvalue weighted by atomic mass is 16.5. The molecule has 3 aromatic rings. The number of anilines is 1. The van der Waals surface area contributed by atoms with Gasteiger partial charge in [-0.25, -0.2) is 4.79 Å². The summed E-state index contributed by atoms with van der Waals surface area (Å²) in [5.41, 5.74) is 0.739. The summed E-state index contributed by atoms with van der Waals surface area (Å²) in [5.74, 6) is -0.737. The molecule has 0 bridgehead atoms. The third kappa shape index (κ3) is 3.80. The maximum absolute atomic E-state index is 12.4. The molecule has 1 heterocycles. The van der Waals surface area contributed by atoms with Crippen LogP contribution < -0.4 is 10.9 Å². The molecular weight excluding hydrogens is 332 g/mol. The number of nitrogens with zero attached hydrogens (tertiary/aromatic N) is 1.